The molecule has 0 heterocycles. The van der Waals surface area contributed by atoms with Gasteiger partial charge in [0.25, 0.3) is 0 Å². The van der Waals surface area contributed by atoms with Gasteiger partial charge in [-0.1, -0.05) is 71.1 Å². The standard InChI is InChI=1S/C14H31NO3/c1-2-3-4-5-6-7-8-9-10-11-12-13(15-18)14(16)17/h13-18H,2-12H2,1H3. The summed E-state index contributed by atoms with van der Waals surface area (Å²) >= 11 is 0. The van der Waals surface area contributed by atoms with E-state index in [0.29, 0.717) is 6.42 Å². The van der Waals surface area contributed by atoms with Gasteiger partial charge in [0.2, 0.25) is 0 Å². The number of rotatable bonds is 13. The zero-order valence-corrected chi connectivity index (χ0v) is 11.8. The maximum Gasteiger partial charge on any atom is 0.169 e. The summed E-state index contributed by atoms with van der Waals surface area (Å²) in [5, 5.41) is 26.4. The minimum Gasteiger partial charge on any atom is -0.367 e. The average Bonchev–Trinajstić information content (AvgIpc) is 2.35. The molecule has 0 aliphatic rings. The predicted octanol–water partition coefficient (Wildman–Crippen LogP) is 2.96. The molecule has 0 aromatic heterocycles. The fourth-order valence-corrected chi connectivity index (χ4v) is 2.13. The van der Waals surface area contributed by atoms with Crippen LogP contribution in [0.1, 0.15) is 77.6 Å². The normalized spacial score (nSPS) is 13.2. The van der Waals surface area contributed by atoms with E-state index < -0.39 is 12.3 Å². The van der Waals surface area contributed by atoms with E-state index in [0.717, 1.165) is 12.8 Å². The lowest BCUT2D eigenvalue weighted by Crippen LogP contribution is -2.37. The van der Waals surface area contributed by atoms with Crippen LogP contribution in [-0.4, -0.2) is 27.8 Å². The highest BCUT2D eigenvalue weighted by molar-refractivity contribution is 4.63. The molecular weight excluding hydrogens is 230 g/mol. The summed E-state index contributed by atoms with van der Waals surface area (Å²) in [7, 11) is 0. The zero-order chi connectivity index (χ0) is 13.6. The predicted molar refractivity (Wildman–Crippen MR) is 73.4 cm³/mol. The highest BCUT2D eigenvalue weighted by Crippen LogP contribution is 2.12. The van der Waals surface area contributed by atoms with Gasteiger partial charge < -0.3 is 15.4 Å². The Kier molecular flexibility index (Phi) is 13.2. The van der Waals surface area contributed by atoms with Crippen LogP contribution in [0.5, 0.6) is 0 Å². The summed E-state index contributed by atoms with van der Waals surface area (Å²) in [6, 6.07) is -0.612. The van der Waals surface area contributed by atoms with E-state index in [1.807, 2.05) is 5.48 Å². The number of unbranched alkanes of at least 4 members (excludes halogenated alkanes) is 9. The van der Waals surface area contributed by atoms with E-state index in [2.05, 4.69) is 6.92 Å². The van der Waals surface area contributed by atoms with Gasteiger partial charge in [-0.25, -0.2) is 0 Å². The van der Waals surface area contributed by atoms with Crippen molar-refractivity contribution in [1.82, 2.24) is 5.48 Å². The Bertz CT molecular complexity index is 165. The van der Waals surface area contributed by atoms with Gasteiger partial charge in [-0.15, -0.1) is 0 Å². The molecule has 18 heavy (non-hydrogen) atoms. The van der Waals surface area contributed by atoms with Crippen molar-refractivity contribution in [3.05, 3.63) is 0 Å². The average molecular weight is 261 g/mol. The fourth-order valence-electron chi connectivity index (χ4n) is 2.13. The highest BCUT2D eigenvalue weighted by Gasteiger charge is 2.14. The van der Waals surface area contributed by atoms with Crippen LogP contribution in [0.25, 0.3) is 0 Å². The van der Waals surface area contributed by atoms with Gasteiger partial charge in [-0.05, 0) is 6.42 Å². The topological polar surface area (TPSA) is 72.7 Å². The Morgan fingerprint density at radius 1 is 0.778 bits per heavy atom. The zero-order valence-electron chi connectivity index (χ0n) is 11.8. The van der Waals surface area contributed by atoms with Crippen molar-refractivity contribution >= 4 is 0 Å². The van der Waals surface area contributed by atoms with Crippen LogP contribution in [0.3, 0.4) is 0 Å². The lowest BCUT2D eigenvalue weighted by molar-refractivity contribution is -0.0967. The van der Waals surface area contributed by atoms with E-state index in [-0.39, 0.29) is 0 Å². The van der Waals surface area contributed by atoms with Crippen molar-refractivity contribution in [3.8, 4) is 0 Å². The first-order valence-electron chi connectivity index (χ1n) is 7.48. The molecule has 0 fully saturated rings. The molecule has 0 aromatic rings. The summed E-state index contributed by atoms with van der Waals surface area (Å²) in [5.74, 6) is 0. The van der Waals surface area contributed by atoms with Crippen molar-refractivity contribution in [2.24, 2.45) is 0 Å². The first-order valence-corrected chi connectivity index (χ1v) is 7.48. The van der Waals surface area contributed by atoms with Gasteiger partial charge in [0.1, 0.15) is 0 Å². The molecule has 4 heteroatoms. The van der Waals surface area contributed by atoms with E-state index in [1.54, 1.807) is 0 Å². The molecule has 4 N–H and O–H groups in total. The minimum atomic E-state index is -1.48. The summed E-state index contributed by atoms with van der Waals surface area (Å²) in [4.78, 5) is 0. The van der Waals surface area contributed by atoms with Gasteiger partial charge in [-0.3, -0.25) is 0 Å². The third-order valence-corrected chi connectivity index (χ3v) is 3.39. The quantitative estimate of drug-likeness (QED) is 0.234. The second-order valence-electron chi connectivity index (χ2n) is 5.12. The Morgan fingerprint density at radius 2 is 1.22 bits per heavy atom. The molecule has 110 valence electrons. The van der Waals surface area contributed by atoms with Crippen molar-refractivity contribution in [2.45, 2.75) is 89.9 Å². The molecule has 1 unspecified atom stereocenters. The summed E-state index contributed by atoms with van der Waals surface area (Å²) in [5.41, 5.74) is 1.93. The monoisotopic (exact) mass is 261 g/mol. The summed E-state index contributed by atoms with van der Waals surface area (Å²) in [6.07, 6.45) is 11.7. The fraction of sp³-hybridized carbons (Fsp3) is 1.00. The van der Waals surface area contributed by atoms with Gasteiger partial charge in [-0.2, -0.15) is 5.48 Å². The van der Waals surface area contributed by atoms with Crippen molar-refractivity contribution in [1.29, 1.82) is 0 Å². The number of aliphatic hydroxyl groups is 2. The Balaban J connectivity index is 3.15. The summed E-state index contributed by atoms with van der Waals surface area (Å²) in [6.45, 7) is 2.23. The van der Waals surface area contributed by atoms with Crippen LogP contribution < -0.4 is 5.48 Å². The van der Waals surface area contributed by atoms with E-state index >= 15 is 0 Å². The van der Waals surface area contributed by atoms with Gasteiger partial charge >= 0.3 is 0 Å². The van der Waals surface area contributed by atoms with Crippen LogP contribution in [0.2, 0.25) is 0 Å². The number of hydroxylamine groups is 1. The molecule has 0 rings (SSSR count). The maximum absolute atomic E-state index is 8.89. The molecule has 1 atom stereocenters. The van der Waals surface area contributed by atoms with Crippen molar-refractivity contribution < 1.29 is 15.4 Å². The van der Waals surface area contributed by atoms with E-state index in [1.165, 1.54) is 51.4 Å². The van der Waals surface area contributed by atoms with Gasteiger partial charge in [0.05, 0.1) is 6.04 Å². The summed E-state index contributed by atoms with van der Waals surface area (Å²) < 4.78 is 0. The Morgan fingerprint density at radius 3 is 1.61 bits per heavy atom. The van der Waals surface area contributed by atoms with Crippen molar-refractivity contribution in [3.63, 3.8) is 0 Å². The second kappa shape index (κ2) is 13.3. The molecule has 0 amide bonds. The smallest absolute Gasteiger partial charge is 0.169 e. The minimum absolute atomic E-state index is 0.602. The van der Waals surface area contributed by atoms with Crippen LogP contribution in [-0.2, 0) is 0 Å². The number of nitrogens with one attached hydrogen (secondary N) is 1. The first-order chi connectivity index (χ1) is 8.72. The molecule has 0 aromatic carbocycles. The molecule has 0 spiro atoms. The first kappa shape index (κ1) is 17.8. The molecule has 0 aliphatic heterocycles. The van der Waals surface area contributed by atoms with Crippen molar-refractivity contribution in [2.75, 3.05) is 0 Å². The second-order valence-corrected chi connectivity index (χ2v) is 5.12. The molecule has 0 radical (unpaired) electrons. The molecule has 0 saturated carbocycles. The van der Waals surface area contributed by atoms with Crippen LogP contribution in [0, 0.1) is 0 Å². The van der Waals surface area contributed by atoms with E-state index in [9.17, 15) is 0 Å². The molecule has 4 nitrogen and oxygen atoms in total. The maximum atomic E-state index is 8.89. The van der Waals surface area contributed by atoms with Crippen LogP contribution >= 0.6 is 0 Å². The largest absolute Gasteiger partial charge is 0.367 e. The number of hydrogen-bond acceptors (Lipinski definition) is 4. The lowest BCUT2D eigenvalue weighted by atomic mass is 10.0. The Hall–Kier alpha value is -0.160. The van der Waals surface area contributed by atoms with Crippen LogP contribution in [0.4, 0.5) is 0 Å². The van der Waals surface area contributed by atoms with Gasteiger partial charge in [0.15, 0.2) is 6.29 Å². The lowest BCUT2D eigenvalue weighted by Gasteiger charge is -2.16. The third-order valence-electron chi connectivity index (χ3n) is 3.39. The number of hydrogen-bond donors (Lipinski definition) is 4. The molecule has 0 bridgehead atoms. The van der Waals surface area contributed by atoms with Crippen LogP contribution in [0.15, 0.2) is 0 Å². The van der Waals surface area contributed by atoms with E-state index in [4.69, 9.17) is 15.4 Å². The number of aliphatic hydroxyl groups excluding tert-OH is 1. The third kappa shape index (κ3) is 11.0. The SMILES string of the molecule is CCCCCCCCCCCCC(NO)C(O)O. The Labute approximate surface area is 111 Å². The molecular formula is C14H31NO3. The van der Waals surface area contributed by atoms with Gasteiger partial charge in [0, 0.05) is 0 Å². The molecule has 0 aliphatic carbocycles. The highest BCUT2D eigenvalue weighted by atomic mass is 16.5. The molecule has 0 saturated heterocycles.